The molecule has 0 spiro atoms. The van der Waals surface area contributed by atoms with Crippen molar-refractivity contribution < 1.29 is 4.79 Å². The molecule has 0 atom stereocenters. The molecule has 11 heavy (non-hydrogen) atoms. The highest BCUT2D eigenvalue weighted by Crippen LogP contribution is 1.99. The van der Waals surface area contributed by atoms with Gasteiger partial charge in [0.25, 0.3) is 0 Å². The second-order valence-corrected chi connectivity index (χ2v) is 3.33. The van der Waals surface area contributed by atoms with Crippen LogP contribution in [-0.4, -0.2) is 24.0 Å². The van der Waals surface area contributed by atoms with Crippen LogP contribution in [0.1, 0.15) is 13.3 Å². The van der Waals surface area contributed by atoms with Gasteiger partial charge in [-0.1, -0.05) is 13.5 Å². The fourth-order valence-corrected chi connectivity index (χ4v) is 1.30. The fraction of sp³-hybridized carbons (Fsp3) is 0.625. The number of rotatable bonds is 6. The Hall–Kier alpha value is -0.440. The van der Waals surface area contributed by atoms with Crippen LogP contribution in [0, 0.1) is 0 Å². The largest absolute Gasteiger partial charge is 0.352 e. The molecule has 0 saturated heterocycles. The van der Waals surface area contributed by atoms with Gasteiger partial charge in [0.2, 0.25) is 5.91 Å². The first-order valence-electron chi connectivity index (χ1n) is 3.79. The van der Waals surface area contributed by atoms with E-state index >= 15 is 0 Å². The smallest absolute Gasteiger partial charge is 0.243 e. The number of thioether (sulfide) groups is 1. The first-order valence-corrected chi connectivity index (χ1v) is 4.94. The molecule has 0 aromatic carbocycles. The molecule has 0 aromatic heterocycles. The maximum Gasteiger partial charge on any atom is 0.243 e. The minimum atomic E-state index is -0.0814. The maximum atomic E-state index is 10.6. The number of amides is 1. The van der Waals surface area contributed by atoms with E-state index in [1.54, 1.807) is 0 Å². The van der Waals surface area contributed by atoms with Crippen molar-refractivity contribution >= 4 is 17.7 Å². The van der Waals surface area contributed by atoms with Crippen LogP contribution in [0.2, 0.25) is 0 Å². The molecule has 0 aliphatic heterocycles. The number of carbonyl (C=O) groups excluding carboxylic acids is 1. The van der Waals surface area contributed by atoms with E-state index in [9.17, 15) is 4.79 Å². The molecule has 1 N–H and O–H groups in total. The number of hydrogen-bond donors (Lipinski definition) is 1. The lowest BCUT2D eigenvalue weighted by Crippen LogP contribution is -2.23. The Labute approximate surface area is 72.4 Å². The van der Waals surface area contributed by atoms with Gasteiger partial charge in [-0.05, 0) is 18.2 Å². The quantitative estimate of drug-likeness (QED) is 0.486. The predicted molar refractivity (Wildman–Crippen MR) is 50.8 cm³/mol. The second-order valence-electron chi connectivity index (χ2n) is 2.11. The molecule has 0 bridgehead atoms. The zero-order chi connectivity index (χ0) is 8.53. The monoisotopic (exact) mass is 173 g/mol. The molecule has 0 saturated carbocycles. The van der Waals surface area contributed by atoms with Crippen LogP contribution in [0.15, 0.2) is 12.7 Å². The van der Waals surface area contributed by atoms with E-state index in [2.05, 4.69) is 18.8 Å². The Kier molecular flexibility index (Phi) is 7.36. The van der Waals surface area contributed by atoms with E-state index in [1.807, 2.05) is 11.8 Å². The third kappa shape index (κ3) is 7.46. The fourth-order valence-electron chi connectivity index (χ4n) is 0.565. The summed E-state index contributed by atoms with van der Waals surface area (Å²) in [4.78, 5) is 10.6. The van der Waals surface area contributed by atoms with E-state index < -0.39 is 0 Å². The lowest BCUT2D eigenvalue weighted by atomic mass is 10.6. The molecule has 0 rings (SSSR count). The minimum absolute atomic E-state index is 0.0814. The van der Waals surface area contributed by atoms with Crippen molar-refractivity contribution in [2.75, 3.05) is 18.1 Å². The zero-order valence-electron chi connectivity index (χ0n) is 6.93. The zero-order valence-corrected chi connectivity index (χ0v) is 7.75. The average Bonchev–Trinajstić information content (AvgIpc) is 2.04. The predicted octanol–water partition coefficient (Wildman–Crippen LogP) is 1.43. The standard InChI is InChI=1S/C8H15NOS/c1-3-6-11-7-5-9-8(10)4-2/h4H,2-3,5-7H2,1H3,(H,9,10). The summed E-state index contributed by atoms with van der Waals surface area (Å²) in [5, 5.41) is 2.71. The Morgan fingerprint density at radius 3 is 2.91 bits per heavy atom. The van der Waals surface area contributed by atoms with Gasteiger partial charge in [0.05, 0.1) is 0 Å². The first kappa shape index (κ1) is 10.6. The van der Waals surface area contributed by atoms with Crippen LogP contribution in [-0.2, 0) is 4.79 Å². The van der Waals surface area contributed by atoms with Gasteiger partial charge < -0.3 is 5.32 Å². The van der Waals surface area contributed by atoms with Gasteiger partial charge in [-0.2, -0.15) is 11.8 Å². The average molecular weight is 173 g/mol. The minimum Gasteiger partial charge on any atom is -0.352 e. The van der Waals surface area contributed by atoms with Crippen molar-refractivity contribution in [1.29, 1.82) is 0 Å². The lowest BCUT2D eigenvalue weighted by Gasteiger charge is -2.00. The van der Waals surface area contributed by atoms with Gasteiger partial charge in [-0.25, -0.2) is 0 Å². The Bertz CT molecular complexity index is 125. The second kappa shape index (κ2) is 7.66. The van der Waals surface area contributed by atoms with E-state index in [1.165, 1.54) is 18.2 Å². The van der Waals surface area contributed by atoms with Crippen molar-refractivity contribution in [1.82, 2.24) is 5.32 Å². The van der Waals surface area contributed by atoms with Gasteiger partial charge in [0, 0.05) is 12.3 Å². The van der Waals surface area contributed by atoms with Crippen LogP contribution in [0.25, 0.3) is 0 Å². The molecule has 1 amide bonds. The molecule has 0 aliphatic rings. The number of hydrogen-bond acceptors (Lipinski definition) is 2. The summed E-state index contributed by atoms with van der Waals surface area (Å²) in [6.45, 7) is 6.25. The van der Waals surface area contributed by atoms with Gasteiger partial charge in [-0.3, -0.25) is 4.79 Å². The van der Waals surface area contributed by atoms with Crippen LogP contribution in [0.3, 0.4) is 0 Å². The molecular weight excluding hydrogens is 158 g/mol. The number of carbonyl (C=O) groups is 1. The van der Waals surface area contributed by atoms with Gasteiger partial charge in [0.15, 0.2) is 0 Å². The highest BCUT2D eigenvalue weighted by atomic mass is 32.2. The van der Waals surface area contributed by atoms with Gasteiger partial charge >= 0.3 is 0 Å². The van der Waals surface area contributed by atoms with Gasteiger partial charge in [0.1, 0.15) is 0 Å². The van der Waals surface area contributed by atoms with Crippen molar-refractivity contribution in [3.8, 4) is 0 Å². The van der Waals surface area contributed by atoms with Crippen LogP contribution in [0.4, 0.5) is 0 Å². The van der Waals surface area contributed by atoms with E-state index in [4.69, 9.17) is 0 Å². The molecular formula is C8H15NOS. The summed E-state index contributed by atoms with van der Waals surface area (Å²) < 4.78 is 0. The first-order chi connectivity index (χ1) is 5.31. The van der Waals surface area contributed by atoms with Crippen molar-refractivity contribution in [2.24, 2.45) is 0 Å². The van der Waals surface area contributed by atoms with E-state index in [-0.39, 0.29) is 5.91 Å². The molecule has 0 fully saturated rings. The third-order valence-electron chi connectivity index (χ3n) is 1.08. The van der Waals surface area contributed by atoms with Crippen molar-refractivity contribution in [2.45, 2.75) is 13.3 Å². The Morgan fingerprint density at radius 1 is 1.64 bits per heavy atom. The summed E-state index contributed by atoms with van der Waals surface area (Å²) >= 11 is 1.86. The molecule has 0 aliphatic carbocycles. The summed E-state index contributed by atoms with van der Waals surface area (Å²) in [5.74, 6) is 2.08. The van der Waals surface area contributed by atoms with E-state index in [0.717, 1.165) is 12.3 Å². The normalized spacial score (nSPS) is 9.18. The topological polar surface area (TPSA) is 29.1 Å². The maximum absolute atomic E-state index is 10.6. The van der Waals surface area contributed by atoms with Crippen LogP contribution < -0.4 is 5.32 Å². The van der Waals surface area contributed by atoms with Gasteiger partial charge in [-0.15, -0.1) is 0 Å². The van der Waals surface area contributed by atoms with Crippen LogP contribution in [0.5, 0.6) is 0 Å². The summed E-state index contributed by atoms with van der Waals surface area (Å²) in [7, 11) is 0. The Morgan fingerprint density at radius 2 is 2.36 bits per heavy atom. The van der Waals surface area contributed by atoms with Crippen molar-refractivity contribution in [3.05, 3.63) is 12.7 Å². The molecule has 0 radical (unpaired) electrons. The molecule has 64 valence electrons. The summed E-state index contributed by atoms with van der Waals surface area (Å²) in [6.07, 6.45) is 2.49. The SMILES string of the molecule is C=CC(=O)NCCSCCC. The van der Waals surface area contributed by atoms with Crippen molar-refractivity contribution in [3.63, 3.8) is 0 Å². The highest BCUT2D eigenvalue weighted by molar-refractivity contribution is 7.99. The molecule has 2 nitrogen and oxygen atoms in total. The molecule has 0 heterocycles. The van der Waals surface area contributed by atoms with Crippen LogP contribution >= 0.6 is 11.8 Å². The molecule has 0 aromatic rings. The molecule has 0 unspecified atom stereocenters. The van der Waals surface area contributed by atoms with E-state index in [0.29, 0.717) is 0 Å². The highest BCUT2D eigenvalue weighted by Gasteiger charge is 1.91. The lowest BCUT2D eigenvalue weighted by molar-refractivity contribution is -0.116. The summed E-state index contributed by atoms with van der Waals surface area (Å²) in [6, 6.07) is 0. The molecule has 3 heteroatoms. The third-order valence-corrected chi connectivity index (χ3v) is 2.27. The number of nitrogens with one attached hydrogen (secondary N) is 1. The Balaban J connectivity index is 3.01. The summed E-state index contributed by atoms with van der Waals surface area (Å²) in [5.41, 5.74) is 0.